The van der Waals surface area contributed by atoms with E-state index >= 15 is 0 Å². The molecule has 1 aromatic rings. The number of benzene rings is 1. The topological polar surface area (TPSA) is 54.9 Å². The molecule has 1 aliphatic heterocycles. The van der Waals surface area contributed by atoms with Crippen molar-refractivity contribution in [3.8, 4) is 11.5 Å². The number of guanidine groups is 1. The maximum absolute atomic E-state index is 5.32. The Morgan fingerprint density at radius 3 is 2.84 bits per heavy atom. The molecule has 0 aliphatic carbocycles. The first-order chi connectivity index (χ1) is 9.24. The molecule has 0 spiro atoms. The van der Waals surface area contributed by atoms with E-state index < -0.39 is 0 Å². The molecule has 19 heavy (non-hydrogen) atoms. The van der Waals surface area contributed by atoms with Gasteiger partial charge in [0, 0.05) is 19.6 Å². The van der Waals surface area contributed by atoms with Gasteiger partial charge in [-0.05, 0) is 40.0 Å². The molecule has 1 aromatic carbocycles. The molecule has 2 rings (SSSR count). The number of nitrogens with zero attached hydrogens (tertiary/aromatic N) is 1. The van der Waals surface area contributed by atoms with E-state index in [0.29, 0.717) is 18.0 Å². The highest BCUT2D eigenvalue weighted by Gasteiger charge is 2.11. The molecule has 1 aliphatic rings. The Balaban J connectivity index is 2.08. The van der Waals surface area contributed by atoms with Gasteiger partial charge in [-0.15, -0.1) is 0 Å². The first-order valence-electron chi connectivity index (χ1n) is 6.17. The van der Waals surface area contributed by atoms with Crippen molar-refractivity contribution in [3.05, 3.63) is 22.2 Å². The van der Waals surface area contributed by atoms with Gasteiger partial charge in [0.05, 0.1) is 18.7 Å². The summed E-state index contributed by atoms with van der Waals surface area (Å²) in [6.45, 7) is 2.54. The molecule has 2 N–H and O–H groups in total. The number of aliphatic imine (C=N–C) groups is 1. The quantitative estimate of drug-likeness (QED) is 0.887. The third kappa shape index (κ3) is 3.53. The molecule has 6 heteroatoms. The smallest absolute Gasteiger partial charge is 0.191 e. The number of hydrogen-bond acceptors (Lipinski definition) is 5. The number of halogens is 1. The monoisotopic (exact) mass is 327 g/mol. The van der Waals surface area contributed by atoms with Crippen LogP contribution in [0.5, 0.6) is 11.5 Å². The van der Waals surface area contributed by atoms with E-state index in [1.54, 1.807) is 14.2 Å². The van der Waals surface area contributed by atoms with Gasteiger partial charge in [-0.25, -0.2) is 0 Å². The van der Waals surface area contributed by atoms with E-state index in [2.05, 4.69) is 31.6 Å². The molecule has 0 unspecified atom stereocenters. The summed E-state index contributed by atoms with van der Waals surface area (Å²) < 4.78 is 11.5. The molecule has 0 saturated carbocycles. The second-order valence-electron chi connectivity index (χ2n) is 4.18. The first kappa shape index (κ1) is 14.0. The van der Waals surface area contributed by atoms with Crippen LogP contribution in [-0.2, 0) is 6.54 Å². The molecule has 5 nitrogen and oxygen atoms in total. The lowest BCUT2D eigenvalue weighted by Gasteiger charge is -2.17. The molecule has 1 heterocycles. The highest BCUT2D eigenvalue weighted by Crippen LogP contribution is 2.36. The molecule has 0 fully saturated rings. The Morgan fingerprint density at radius 1 is 1.37 bits per heavy atom. The summed E-state index contributed by atoms with van der Waals surface area (Å²) in [6, 6.07) is 3.97. The Kier molecular flexibility index (Phi) is 4.90. The average molecular weight is 328 g/mol. The molecule has 104 valence electrons. The maximum Gasteiger partial charge on any atom is 0.191 e. The fraction of sp³-hybridized carbons (Fsp3) is 0.462. The third-order valence-electron chi connectivity index (χ3n) is 2.85. The minimum absolute atomic E-state index is 0.685. The van der Waals surface area contributed by atoms with Crippen LogP contribution >= 0.6 is 15.9 Å². The molecule has 0 amide bonds. The summed E-state index contributed by atoms with van der Waals surface area (Å²) in [5.74, 6) is 2.28. The van der Waals surface area contributed by atoms with Crippen LogP contribution in [0.1, 0.15) is 12.0 Å². The Bertz CT molecular complexity index is 477. The Labute approximate surface area is 121 Å². The number of hydrogen-bond donors (Lipinski definition) is 2. The van der Waals surface area contributed by atoms with Crippen molar-refractivity contribution in [2.24, 2.45) is 4.99 Å². The van der Waals surface area contributed by atoms with Gasteiger partial charge in [0.15, 0.2) is 17.5 Å². The average Bonchev–Trinajstić information content (AvgIpc) is 2.45. The predicted molar refractivity (Wildman–Crippen MR) is 79.0 cm³/mol. The highest BCUT2D eigenvalue weighted by molar-refractivity contribution is 9.10. The minimum atomic E-state index is 0.685. The maximum atomic E-state index is 5.32. The predicted octanol–water partition coefficient (Wildman–Crippen LogP) is 1.91. The van der Waals surface area contributed by atoms with Gasteiger partial charge in [0.2, 0.25) is 0 Å². The number of rotatable bonds is 4. The van der Waals surface area contributed by atoms with Crippen molar-refractivity contribution < 1.29 is 9.47 Å². The number of nitrogens with one attached hydrogen (secondary N) is 2. The fourth-order valence-corrected chi connectivity index (χ4v) is 2.56. The molecule has 0 bridgehead atoms. The number of ether oxygens (including phenoxy) is 2. The lowest BCUT2D eigenvalue weighted by atomic mass is 10.2. The van der Waals surface area contributed by atoms with Gasteiger partial charge >= 0.3 is 0 Å². The summed E-state index contributed by atoms with van der Waals surface area (Å²) in [6.07, 6.45) is 1.09. The van der Waals surface area contributed by atoms with E-state index in [9.17, 15) is 0 Å². The van der Waals surface area contributed by atoms with Gasteiger partial charge in [-0.1, -0.05) is 0 Å². The lowest BCUT2D eigenvalue weighted by molar-refractivity contribution is 0.352. The van der Waals surface area contributed by atoms with Crippen molar-refractivity contribution in [2.75, 3.05) is 27.3 Å². The zero-order valence-electron chi connectivity index (χ0n) is 11.1. The summed E-state index contributed by atoms with van der Waals surface area (Å²) in [4.78, 5) is 4.37. The van der Waals surface area contributed by atoms with Gasteiger partial charge < -0.3 is 20.1 Å². The van der Waals surface area contributed by atoms with E-state index in [1.165, 1.54) is 0 Å². The fourth-order valence-electron chi connectivity index (χ4n) is 1.91. The highest BCUT2D eigenvalue weighted by atomic mass is 79.9. The Morgan fingerprint density at radius 2 is 2.21 bits per heavy atom. The summed E-state index contributed by atoms with van der Waals surface area (Å²) in [5, 5.41) is 6.50. The zero-order valence-corrected chi connectivity index (χ0v) is 12.7. The second kappa shape index (κ2) is 6.65. The molecule has 0 aromatic heterocycles. The van der Waals surface area contributed by atoms with Crippen molar-refractivity contribution in [3.63, 3.8) is 0 Å². The van der Waals surface area contributed by atoms with Crippen LogP contribution in [-0.4, -0.2) is 33.3 Å². The SMILES string of the molecule is COc1cc(CNC2=NCCCN2)cc(Br)c1OC. The van der Waals surface area contributed by atoms with E-state index in [-0.39, 0.29) is 0 Å². The van der Waals surface area contributed by atoms with Crippen molar-refractivity contribution in [2.45, 2.75) is 13.0 Å². The normalized spacial score (nSPS) is 14.4. The van der Waals surface area contributed by atoms with E-state index in [1.807, 2.05) is 12.1 Å². The minimum Gasteiger partial charge on any atom is -0.493 e. The van der Waals surface area contributed by atoms with Crippen LogP contribution in [0.15, 0.2) is 21.6 Å². The molecular weight excluding hydrogens is 310 g/mol. The zero-order chi connectivity index (χ0) is 13.7. The van der Waals surface area contributed by atoms with Crippen molar-refractivity contribution >= 4 is 21.9 Å². The van der Waals surface area contributed by atoms with Crippen LogP contribution in [0.3, 0.4) is 0 Å². The van der Waals surface area contributed by atoms with Crippen LogP contribution in [0, 0.1) is 0 Å². The van der Waals surface area contributed by atoms with Crippen LogP contribution in [0.2, 0.25) is 0 Å². The first-order valence-corrected chi connectivity index (χ1v) is 6.96. The van der Waals surface area contributed by atoms with Gasteiger partial charge in [0.1, 0.15) is 0 Å². The standard InChI is InChI=1S/C13H18BrN3O2/c1-18-11-7-9(6-10(14)12(11)19-2)8-17-13-15-4-3-5-16-13/h6-7H,3-5,8H2,1-2H3,(H2,15,16,17). The van der Waals surface area contributed by atoms with Crippen molar-refractivity contribution in [1.82, 2.24) is 10.6 Å². The lowest BCUT2D eigenvalue weighted by Crippen LogP contribution is -2.40. The Hall–Kier alpha value is -1.43. The largest absolute Gasteiger partial charge is 0.493 e. The molecular formula is C13H18BrN3O2. The van der Waals surface area contributed by atoms with Gasteiger partial charge in [0.25, 0.3) is 0 Å². The number of methoxy groups -OCH3 is 2. The van der Waals surface area contributed by atoms with Gasteiger partial charge in [-0.3, -0.25) is 4.99 Å². The van der Waals surface area contributed by atoms with Crippen molar-refractivity contribution in [1.29, 1.82) is 0 Å². The van der Waals surface area contributed by atoms with Crippen LogP contribution in [0.25, 0.3) is 0 Å². The van der Waals surface area contributed by atoms with Gasteiger partial charge in [-0.2, -0.15) is 0 Å². The van der Waals surface area contributed by atoms with E-state index in [4.69, 9.17) is 9.47 Å². The molecule has 0 atom stereocenters. The molecule has 0 saturated heterocycles. The molecule has 0 radical (unpaired) electrons. The summed E-state index contributed by atoms with van der Waals surface area (Å²) in [5.41, 5.74) is 1.10. The summed E-state index contributed by atoms with van der Waals surface area (Å²) >= 11 is 3.49. The van der Waals surface area contributed by atoms with Crippen LogP contribution in [0.4, 0.5) is 0 Å². The third-order valence-corrected chi connectivity index (χ3v) is 3.44. The summed E-state index contributed by atoms with van der Waals surface area (Å²) in [7, 11) is 3.26. The van der Waals surface area contributed by atoms with Crippen LogP contribution < -0.4 is 20.1 Å². The van der Waals surface area contributed by atoms with E-state index in [0.717, 1.165) is 35.5 Å². The second-order valence-corrected chi connectivity index (χ2v) is 5.03.